The Labute approximate surface area is 194 Å². The van der Waals surface area contributed by atoms with Crippen LogP contribution in [0.15, 0.2) is 60.7 Å². The minimum Gasteiger partial charge on any atom is -0.493 e. The topological polar surface area (TPSA) is 59.1 Å². The van der Waals surface area contributed by atoms with Crippen LogP contribution in [0.25, 0.3) is 10.8 Å². The van der Waals surface area contributed by atoms with Crippen molar-refractivity contribution in [2.24, 2.45) is 5.92 Å². The SMILES string of the molecule is COc1cccc(CN(C)C(=O)C2CCCN(C(=O)c3cccc4ccccc34)C2)c1OC. The predicted molar refractivity (Wildman–Crippen MR) is 129 cm³/mol. The first-order chi connectivity index (χ1) is 16.0. The molecule has 1 aliphatic heterocycles. The van der Waals surface area contributed by atoms with Crippen molar-refractivity contribution in [3.63, 3.8) is 0 Å². The van der Waals surface area contributed by atoms with Crippen molar-refractivity contribution in [1.82, 2.24) is 9.80 Å². The third-order valence-electron chi connectivity index (χ3n) is 6.35. The minimum absolute atomic E-state index is 0.0126. The summed E-state index contributed by atoms with van der Waals surface area (Å²) in [5.41, 5.74) is 1.57. The molecule has 0 N–H and O–H groups in total. The summed E-state index contributed by atoms with van der Waals surface area (Å²) < 4.78 is 10.9. The molecule has 1 unspecified atom stereocenters. The number of benzene rings is 3. The van der Waals surface area contributed by atoms with E-state index in [2.05, 4.69) is 0 Å². The van der Waals surface area contributed by atoms with E-state index >= 15 is 0 Å². The molecule has 2 amide bonds. The molecule has 6 nitrogen and oxygen atoms in total. The standard InChI is InChI=1S/C27H30N2O4/c1-28(17-20-11-7-15-24(32-2)25(20)33-3)26(30)21-12-8-16-29(18-21)27(31)23-14-6-10-19-9-4-5-13-22(19)23/h4-7,9-11,13-15,21H,8,12,16-18H2,1-3H3. The van der Waals surface area contributed by atoms with Crippen molar-refractivity contribution in [3.05, 3.63) is 71.8 Å². The molecule has 0 aromatic heterocycles. The molecule has 3 aromatic rings. The fourth-order valence-electron chi connectivity index (χ4n) is 4.67. The van der Waals surface area contributed by atoms with Gasteiger partial charge in [-0.05, 0) is 35.7 Å². The average molecular weight is 447 g/mol. The summed E-state index contributed by atoms with van der Waals surface area (Å²) in [7, 11) is 4.99. The van der Waals surface area contributed by atoms with Gasteiger partial charge in [-0.2, -0.15) is 0 Å². The number of fused-ring (bicyclic) bond motifs is 1. The van der Waals surface area contributed by atoms with E-state index in [4.69, 9.17) is 9.47 Å². The van der Waals surface area contributed by atoms with Crippen molar-refractivity contribution in [3.8, 4) is 11.5 Å². The molecule has 1 atom stereocenters. The Morgan fingerprint density at radius 1 is 1.00 bits per heavy atom. The number of hydrogen-bond donors (Lipinski definition) is 0. The average Bonchev–Trinajstić information content (AvgIpc) is 2.87. The lowest BCUT2D eigenvalue weighted by Gasteiger charge is -2.34. The van der Waals surface area contributed by atoms with Crippen molar-refractivity contribution in [2.75, 3.05) is 34.4 Å². The molecule has 1 aliphatic rings. The number of carbonyl (C=O) groups is 2. The van der Waals surface area contributed by atoms with E-state index in [1.807, 2.05) is 65.6 Å². The number of para-hydroxylation sites is 1. The van der Waals surface area contributed by atoms with Gasteiger partial charge in [0.2, 0.25) is 5.91 Å². The number of nitrogens with zero attached hydrogens (tertiary/aromatic N) is 2. The van der Waals surface area contributed by atoms with Crippen molar-refractivity contribution in [1.29, 1.82) is 0 Å². The first-order valence-corrected chi connectivity index (χ1v) is 11.3. The number of likely N-dealkylation sites (tertiary alicyclic amines) is 1. The van der Waals surface area contributed by atoms with Gasteiger partial charge < -0.3 is 19.3 Å². The summed E-state index contributed by atoms with van der Waals surface area (Å²) >= 11 is 0. The van der Waals surface area contributed by atoms with Crippen LogP contribution in [0.3, 0.4) is 0 Å². The minimum atomic E-state index is -0.223. The summed E-state index contributed by atoms with van der Waals surface area (Å²) in [4.78, 5) is 30.2. The van der Waals surface area contributed by atoms with Crippen LogP contribution < -0.4 is 9.47 Å². The third-order valence-corrected chi connectivity index (χ3v) is 6.35. The van der Waals surface area contributed by atoms with Gasteiger partial charge in [0.05, 0.1) is 20.1 Å². The van der Waals surface area contributed by atoms with Gasteiger partial charge in [-0.15, -0.1) is 0 Å². The van der Waals surface area contributed by atoms with Crippen LogP contribution >= 0.6 is 0 Å². The number of piperidine rings is 1. The number of rotatable bonds is 6. The van der Waals surface area contributed by atoms with Crippen molar-refractivity contribution < 1.29 is 19.1 Å². The van der Waals surface area contributed by atoms with Gasteiger partial charge in [0.25, 0.3) is 5.91 Å². The quantitative estimate of drug-likeness (QED) is 0.564. The second-order valence-electron chi connectivity index (χ2n) is 8.46. The Morgan fingerprint density at radius 3 is 2.55 bits per heavy atom. The van der Waals surface area contributed by atoms with Crippen LogP contribution in [0.1, 0.15) is 28.8 Å². The van der Waals surface area contributed by atoms with E-state index in [9.17, 15) is 9.59 Å². The molecular formula is C27H30N2O4. The number of amides is 2. The van der Waals surface area contributed by atoms with E-state index in [1.165, 1.54) is 0 Å². The number of ether oxygens (including phenoxy) is 2. The Morgan fingerprint density at radius 2 is 1.76 bits per heavy atom. The van der Waals surface area contributed by atoms with Gasteiger partial charge in [-0.3, -0.25) is 9.59 Å². The maximum atomic E-state index is 13.4. The molecule has 0 spiro atoms. The predicted octanol–water partition coefficient (Wildman–Crippen LogP) is 4.37. The Bertz CT molecular complexity index is 1150. The first kappa shape index (κ1) is 22.6. The molecule has 172 valence electrons. The molecule has 0 aliphatic carbocycles. The normalized spacial score (nSPS) is 15.8. The van der Waals surface area contributed by atoms with Gasteiger partial charge in [0.1, 0.15) is 0 Å². The highest BCUT2D eigenvalue weighted by Crippen LogP contribution is 2.32. The zero-order valence-electron chi connectivity index (χ0n) is 19.4. The van der Waals surface area contributed by atoms with Gasteiger partial charge in [0, 0.05) is 37.8 Å². The first-order valence-electron chi connectivity index (χ1n) is 11.3. The maximum absolute atomic E-state index is 13.4. The molecule has 6 heteroatoms. The van der Waals surface area contributed by atoms with E-state index < -0.39 is 0 Å². The van der Waals surface area contributed by atoms with Crippen LogP contribution in [0.4, 0.5) is 0 Å². The monoisotopic (exact) mass is 446 g/mol. The Balaban J connectivity index is 1.48. The molecular weight excluding hydrogens is 416 g/mol. The van der Waals surface area contributed by atoms with Gasteiger partial charge >= 0.3 is 0 Å². The molecule has 1 heterocycles. The van der Waals surface area contributed by atoms with Crippen molar-refractivity contribution >= 4 is 22.6 Å². The molecule has 1 saturated heterocycles. The smallest absolute Gasteiger partial charge is 0.254 e. The van der Waals surface area contributed by atoms with Crippen LogP contribution in [0.2, 0.25) is 0 Å². The highest BCUT2D eigenvalue weighted by Gasteiger charge is 2.31. The number of carbonyl (C=O) groups excluding carboxylic acids is 2. The maximum Gasteiger partial charge on any atom is 0.254 e. The summed E-state index contributed by atoms with van der Waals surface area (Å²) in [5, 5.41) is 1.99. The number of hydrogen-bond acceptors (Lipinski definition) is 4. The largest absolute Gasteiger partial charge is 0.493 e. The Kier molecular flexibility index (Phi) is 6.82. The fourth-order valence-corrected chi connectivity index (χ4v) is 4.67. The summed E-state index contributed by atoms with van der Waals surface area (Å²) in [6, 6.07) is 19.4. The fraction of sp³-hybridized carbons (Fsp3) is 0.333. The van der Waals surface area contributed by atoms with Crippen LogP contribution in [-0.2, 0) is 11.3 Å². The molecule has 4 rings (SSSR count). The van der Waals surface area contributed by atoms with E-state index in [0.717, 1.165) is 29.2 Å². The van der Waals surface area contributed by atoms with Crippen molar-refractivity contribution in [2.45, 2.75) is 19.4 Å². The third kappa shape index (κ3) is 4.65. The molecule has 0 saturated carbocycles. The zero-order valence-corrected chi connectivity index (χ0v) is 19.4. The summed E-state index contributed by atoms with van der Waals surface area (Å²) in [6.45, 7) is 1.51. The summed E-state index contributed by atoms with van der Waals surface area (Å²) in [6.07, 6.45) is 1.58. The van der Waals surface area contributed by atoms with Gasteiger partial charge in [-0.1, -0.05) is 48.5 Å². The lowest BCUT2D eigenvalue weighted by molar-refractivity contribution is -0.136. The highest BCUT2D eigenvalue weighted by atomic mass is 16.5. The van der Waals surface area contributed by atoms with E-state index in [0.29, 0.717) is 36.7 Å². The Hall–Kier alpha value is -3.54. The lowest BCUT2D eigenvalue weighted by atomic mass is 9.95. The van der Waals surface area contributed by atoms with Crippen LogP contribution in [0, 0.1) is 5.92 Å². The summed E-state index contributed by atoms with van der Waals surface area (Å²) in [5.74, 6) is 1.08. The van der Waals surface area contributed by atoms with E-state index in [-0.39, 0.29) is 17.7 Å². The van der Waals surface area contributed by atoms with Gasteiger partial charge in [0.15, 0.2) is 11.5 Å². The molecule has 0 bridgehead atoms. The lowest BCUT2D eigenvalue weighted by Crippen LogP contribution is -2.45. The highest BCUT2D eigenvalue weighted by molar-refractivity contribution is 6.07. The zero-order chi connectivity index (χ0) is 23.4. The van der Waals surface area contributed by atoms with Gasteiger partial charge in [-0.25, -0.2) is 0 Å². The number of methoxy groups -OCH3 is 2. The second kappa shape index (κ2) is 9.94. The van der Waals surface area contributed by atoms with E-state index in [1.54, 1.807) is 26.2 Å². The molecule has 0 radical (unpaired) electrons. The van der Waals surface area contributed by atoms with Crippen LogP contribution in [0.5, 0.6) is 11.5 Å². The van der Waals surface area contributed by atoms with Crippen LogP contribution in [-0.4, -0.2) is 56.0 Å². The molecule has 1 fully saturated rings. The molecule has 3 aromatic carbocycles. The molecule has 33 heavy (non-hydrogen) atoms. The second-order valence-corrected chi connectivity index (χ2v) is 8.46.